The number of hydrogen-bond acceptors (Lipinski definition) is 4. The number of carbonyl (C=O) groups is 1. The lowest BCUT2D eigenvalue weighted by atomic mass is 9.90. The Bertz CT molecular complexity index is 840. The van der Waals surface area contributed by atoms with Crippen LogP contribution in [0.5, 0.6) is 5.88 Å². The van der Waals surface area contributed by atoms with E-state index < -0.39 is 0 Å². The highest BCUT2D eigenvalue weighted by molar-refractivity contribution is 5.97. The number of amides is 1. The van der Waals surface area contributed by atoms with Crippen LogP contribution in [0.25, 0.3) is 0 Å². The van der Waals surface area contributed by atoms with E-state index in [0.717, 1.165) is 49.9 Å². The van der Waals surface area contributed by atoms with Crippen molar-refractivity contribution in [3.63, 3.8) is 0 Å². The van der Waals surface area contributed by atoms with Crippen LogP contribution in [-0.4, -0.2) is 27.8 Å². The first-order chi connectivity index (χ1) is 12.1. The largest absolute Gasteiger partial charge is 0.480 e. The molecule has 6 nitrogen and oxygen atoms in total. The number of methoxy groups -OCH3 is 1. The van der Waals surface area contributed by atoms with Crippen molar-refractivity contribution < 1.29 is 9.53 Å². The zero-order valence-electron chi connectivity index (χ0n) is 15.1. The van der Waals surface area contributed by atoms with Gasteiger partial charge >= 0.3 is 0 Å². The van der Waals surface area contributed by atoms with Gasteiger partial charge in [0.1, 0.15) is 5.56 Å². The number of carbonyl (C=O) groups excluding carboxylic acids is 1. The van der Waals surface area contributed by atoms with Gasteiger partial charge in [0.05, 0.1) is 18.8 Å². The molecule has 2 aromatic heterocycles. The molecule has 0 aliphatic heterocycles. The third-order valence-corrected chi connectivity index (χ3v) is 5.41. The van der Waals surface area contributed by atoms with Gasteiger partial charge in [-0.25, -0.2) is 4.98 Å². The van der Waals surface area contributed by atoms with Gasteiger partial charge < -0.3 is 10.1 Å². The number of fused-ring (bicyclic) bond motifs is 2. The summed E-state index contributed by atoms with van der Waals surface area (Å²) < 4.78 is 7.33. The van der Waals surface area contributed by atoms with E-state index in [2.05, 4.69) is 15.4 Å². The standard InChI is InChI=1S/C19H24N4O2/c1-11-17-15(8-5-9-16(17)23(2)22-11)20-18(24)13-10-12-6-4-7-14(12)21-19(13)25-3/h10,15H,4-9H2,1-3H3,(H,20,24). The summed E-state index contributed by atoms with van der Waals surface area (Å²) in [6.45, 7) is 2.01. The van der Waals surface area contributed by atoms with Gasteiger partial charge in [-0.05, 0) is 57.1 Å². The number of aryl methyl sites for hydroxylation is 4. The molecule has 4 rings (SSSR count). The Morgan fingerprint density at radius 3 is 2.96 bits per heavy atom. The quantitative estimate of drug-likeness (QED) is 0.932. The fraction of sp³-hybridized carbons (Fsp3) is 0.526. The third kappa shape index (κ3) is 2.69. The Hall–Kier alpha value is -2.37. The van der Waals surface area contributed by atoms with E-state index in [-0.39, 0.29) is 11.9 Å². The molecule has 1 unspecified atom stereocenters. The molecule has 2 aliphatic carbocycles. The van der Waals surface area contributed by atoms with Crippen LogP contribution in [-0.2, 0) is 26.3 Å². The third-order valence-electron chi connectivity index (χ3n) is 5.41. The average molecular weight is 340 g/mol. The summed E-state index contributed by atoms with van der Waals surface area (Å²) in [5, 5.41) is 7.73. The van der Waals surface area contributed by atoms with Crippen molar-refractivity contribution in [3.05, 3.63) is 39.8 Å². The summed E-state index contributed by atoms with van der Waals surface area (Å²) >= 11 is 0. The van der Waals surface area contributed by atoms with Crippen LogP contribution in [0.3, 0.4) is 0 Å². The van der Waals surface area contributed by atoms with Crippen molar-refractivity contribution in [2.24, 2.45) is 7.05 Å². The number of nitrogens with zero attached hydrogens (tertiary/aromatic N) is 3. The lowest BCUT2D eigenvalue weighted by molar-refractivity contribution is 0.0928. The smallest absolute Gasteiger partial charge is 0.257 e. The molecule has 0 fully saturated rings. The highest BCUT2D eigenvalue weighted by Gasteiger charge is 2.29. The van der Waals surface area contributed by atoms with Gasteiger partial charge in [0.15, 0.2) is 0 Å². The maximum Gasteiger partial charge on any atom is 0.257 e. The summed E-state index contributed by atoms with van der Waals surface area (Å²) in [4.78, 5) is 17.5. The van der Waals surface area contributed by atoms with E-state index in [9.17, 15) is 4.79 Å². The van der Waals surface area contributed by atoms with Crippen molar-refractivity contribution in [1.82, 2.24) is 20.1 Å². The van der Waals surface area contributed by atoms with E-state index in [1.807, 2.05) is 24.7 Å². The molecular weight excluding hydrogens is 316 g/mol. The predicted octanol–water partition coefficient (Wildman–Crippen LogP) is 2.43. The van der Waals surface area contributed by atoms with Crippen LogP contribution < -0.4 is 10.1 Å². The molecule has 0 spiro atoms. The minimum absolute atomic E-state index is 0.00270. The molecule has 2 aromatic rings. The van der Waals surface area contributed by atoms with Crippen LogP contribution in [0.15, 0.2) is 6.07 Å². The van der Waals surface area contributed by atoms with Crippen LogP contribution in [0.4, 0.5) is 0 Å². The van der Waals surface area contributed by atoms with Gasteiger partial charge in [0.2, 0.25) is 5.88 Å². The Kier molecular flexibility index (Phi) is 3.98. The van der Waals surface area contributed by atoms with Gasteiger partial charge in [-0.15, -0.1) is 0 Å². The zero-order valence-corrected chi connectivity index (χ0v) is 15.1. The van der Waals surface area contributed by atoms with Gasteiger partial charge in [0, 0.05) is 24.0 Å². The molecule has 0 saturated carbocycles. The number of aromatic nitrogens is 3. The van der Waals surface area contributed by atoms with Crippen molar-refractivity contribution in [3.8, 4) is 5.88 Å². The summed E-state index contributed by atoms with van der Waals surface area (Å²) in [6.07, 6.45) is 6.05. The molecule has 6 heteroatoms. The molecular formula is C19H24N4O2. The zero-order chi connectivity index (χ0) is 17.6. The van der Waals surface area contributed by atoms with E-state index in [1.165, 1.54) is 16.8 Å². The van der Waals surface area contributed by atoms with Crippen LogP contribution in [0.1, 0.15) is 63.9 Å². The highest BCUT2D eigenvalue weighted by atomic mass is 16.5. The molecule has 2 aliphatic rings. The molecule has 0 saturated heterocycles. The minimum atomic E-state index is -0.111. The maximum atomic E-state index is 13.0. The lowest BCUT2D eigenvalue weighted by Gasteiger charge is -2.25. The Morgan fingerprint density at radius 2 is 2.16 bits per heavy atom. The van der Waals surface area contributed by atoms with Crippen LogP contribution in [0, 0.1) is 6.92 Å². The van der Waals surface area contributed by atoms with Crippen LogP contribution in [0.2, 0.25) is 0 Å². The number of rotatable bonds is 3. The number of ether oxygens (including phenoxy) is 1. The number of nitrogens with one attached hydrogen (secondary N) is 1. The number of hydrogen-bond donors (Lipinski definition) is 1. The van der Waals surface area contributed by atoms with Crippen molar-refractivity contribution >= 4 is 5.91 Å². The molecule has 132 valence electrons. The Balaban J connectivity index is 1.64. The fourth-order valence-corrected chi connectivity index (χ4v) is 4.24. The summed E-state index contributed by atoms with van der Waals surface area (Å²) in [5.41, 5.74) is 6.19. The molecule has 0 aromatic carbocycles. The van der Waals surface area contributed by atoms with Crippen molar-refractivity contribution in [2.45, 2.75) is 51.5 Å². The second kappa shape index (κ2) is 6.17. The van der Waals surface area contributed by atoms with Crippen molar-refractivity contribution in [1.29, 1.82) is 0 Å². The molecule has 2 heterocycles. The first-order valence-corrected chi connectivity index (χ1v) is 8.98. The second-order valence-corrected chi connectivity index (χ2v) is 6.99. The summed E-state index contributed by atoms with van der Waals surface area (Å²) in [5.74, 6) is 0.317. The van der Waals surface area contributed by atoms with Gasteiger partial charge in [-0.1, -0.05) is 0 Å². The highest BCUT2D eigenvalue weighted by Crippen LogP contribution is 2.33. The summed E-state index contributed by atoms with van der Waals surface area (Å²) in [7, 11) is 3.55. The SMILES string of the molecule is COc1nc2c(cc1C(=O)NC1CCCc3c1c(C)nn3C)CCC2. The number of pyridine rings is 1. The average Bonchev–Trinajstić information content (AvgIpc) is 3.18. The Morgan fingerprint density at radius 1 is 1.32 bits per heavy atom. The normalized spacial score (nSPS) is 18.6. The second-order valence-electron chi connectivity index (χ2n) is 6.99. The lowest BCUT2D eigenvalue weighted by Crippen LogP contribution is -2.32. The van der Waals surface area contributed by atoms with Gasteiger partial charge in [-0.2, -0.15) is 5.10 Å². The predicted molar refractivity (Wildman–Crippen MR) is 93.9 cm³/mol. The van der Waals surface area contributed by atoms with E-state index >= 15 is 0 Å². The molecule has 0 radical (unpaired) electrons. The summed E-state index contributed by atoms with van der Waals surface area (Å²) in [6, 6.07) is 1.96. The monoisotopic (exact) mass is 340 g/mol. The molecule has 1 N–H and O–H groups in total. The minimum Gasteiger partial charge on any atom is -0.480 e. The van der Waals surface area contributed by atoms with Gasteiger partial charge in [0.25, 0.3) is 5.91 Å². The Labute approximate surface area is 147 Å². The van der Waals surface area contributed by atoms with E-state index in [4.69, 9.17) is 4.74 Å². The fourth-order valence-electron chi connectivity index (χ4n) is 4.24. The molecule has 1 atom stereocenters. The van der Waals surface area contributed by atoms with Crippen molar-refractivity contribution in [2.75, 3.05) is 7.11 Å². The topological polar surface area (TPSA) is 69.0 Å². The first kappa shape index (κ1) is 16.1. The van der Waals surface area contributed by atoms with Gasteiger partial charge in [-0.3, -0.25) is 9.48 Å². The van der Waals surface area contributed by atoms with Crippen LogP contribution >= 0.6 is 0 Å². The first-order valence-electron chi connectivity index (χ1n) is 8.98. The molecule has 0 bridgehead atoms. The van der Waals surface area contributed by atoms with E-state index in [1.54, 1.807) is 7.11 Å². The molecule has 25 heavy (non-hydrogen) atoms. The maximum absolute atomic E-state index is 13.0. The van der Waals surface area contributed by atoms with E-state index in [0.29, 0.717) is 11.4 Å². The molecule has 1 amide bonds.